The Morgan fingerprint density at radius 3 is 1.85 bits per heavy atom. The molecular formula is C21H24N2O4. The number of amides is 2. The van der Waals surface area contributed by atoms with Crippen molar-refractivity contribution in [2.45, 2.75) is 25.8 Å². The Bertz CT molecular complexity index is 721. The molecule has 0 aliphatic rings. The summed E-state index contributed by atoms with van der Waals surface area (Å²) in [6.45, 7) is 3.06. The fourth-order valence-electron chi connectivity index (χ4n) is 2.58. The van der Waals surface area contributed by atoms with E-state index in [1.54, 1.807) is 0 Å². The van der Waals surface area contributed by atoms with Crippen molar-refractivity contribution in [3.8, 4) is 0 Å². The van der Waals surface area contributed by atoms with Crippen molar-refractivity contribution in [2.75, 3.05) is 13.2 Å². The second kappa shape index (κ2) is 10.1. The van der Waals surface area contributed by atoms with E-state index in [2.05, 4.69) is 10.6 Å². The van der Waals surface area contributed by atoms with E-state index in [-0.39, 0.29) is 18.5 Å². The molecular weight excluding hydrogens is 344 g/mol. The van der Waals surface area contributed by atoms with Gasteiger partial charge in [-0.15, -0.1) is 0 Å². The van der Waals surface area contributed by atoms with E-state index >= 15 is 0 Å². The molecule has 0 bridgehead atoms. The first-order valence-corrected chi connectivity index (χ1v) is 8.80. The summed E-state index contributed by atoms with van der Waals surface area (Å²) in [4.78, 5) is 36.1. The van der Waals surface area contributed by atoms with Crippen molar-refractivity contribution in [1.82, 2.24) is 10.6 Å². The fraction of sp³-hybridized carbons (Fsp3) is 0.286. The van der Waals surface area contributed by atoms with E-state index in [4.69, 9.17) is 4.74 Å². The van der Waals surface area contributed by atoms with Crippen LogP contribution in [-0.4, -0.2) is 37.0 Å². The summed E-state index contributed by atoms with van der Waals surface area (Å²) in [7, 11) is 0. The first-order chi connectivity index (χ1) is 13.0. The third-order valence-corrected chi connectivity index (χ3v) is 3.74. The van der Waals surface area contributed by atoms with Crippen molar-refractivity contribution < 1.29 is 19.1 Å². The first-order valence-electron chi connectivity index (χ1n) is 8.80. The molecule has 27 heavy (non-hydrogen) atoms. The van der Waals surface area contributed by atoms with Gasteiger partial charge in [-0.3, -0.25) is 14.4 Å². The fourth-order valence-corrected chi connectivity index (χ4v) is 2.58. The van der Waals surface area contributed by atoms with Crippen molar-refractivity contribution in [2.24, 2.45) is 0 Å². The molecule has 142 valence electrons. The highest BCUT2D eigenvalue weighted by Gasteiger charge is 2.24. The zero-order chi connectivity index (χ0) is 19.6. The van der Waals surface area contributed by atoms with Crippen molar-refractivity contribution in [3.63, 3.8) is 0 Å². The van der Waals surface area contributed by atoms with E-state index in [0.29, 0.717) is 0 Å². The maximum atomic E-state index is 12.7. The molecule has 2 amide bonds. The van der Waals surface area contributed by atoms with Crippen LogP contribution in [0, 0.1) is 0 Å². The zero-order valence-electron chi connectivity index (χ0n) is 15.5. The Morgan fingerprint density at radius 1 is 0.852 bits per heavy atom. The highest BCUT2D eigenvalue weighted by atomic mass is 16.5. The van der Waals surface area contributed by atoms with Gasteiger partial charge < -0.3 is 15.4 Å². The van der Waals surface area contributed by atoms with Crippen molar-refractivity contribution in [1.29, 1.82) is 0 Å². The summed E-state index contributed by atoms with van der Waals surface area (Å²) in [5.74, 6) is -1.96. The van der Waals surface area contributed by atoms with Gasteiger partial charge in [0.2, 0.25) is 5.91 Å². The average Bonchev–Trinajstić information content (AvgIpc) is 2.66. The van der Waals surface area contributed by atoms with Crippen LogP contribution in [0.3, 0.4) is 0 Å². The van der Waals surface area contributed by atoms with Crippen LogP contribution >= 0.6 is 0 Å². The predicted molar refractivity (Wildman–Crippen MR) is 102 cm³/mol. The summed E-state index contributed by atoms with van der Waals surface area (Å²) in [5.41, 5.74) is 1.57. The van der Waals surface area contributed by atoms with Gasteiger partial charge in [0, 0.05) is 6.04 Å². The van der Waals surface area contributed by atoms with E-state index in [1.807, 2.05) is 74.5 Å². The molecule has 2 aromatic carbocycles. The minimum absolute atomic E-state index is 0.00951. The number of hydrogen-bond acceptors (Lipinski definition) is 4. The number of carbonyl (C=O) groups excluding carboxylic acids is 3. The van der Waals surface area contributed by atoms with Gasteiger partial charge in [0.1, 0.15) is 5.92 Å². The summed E-state index contributed by atoms with van der Waals surface area (Å²) in [5, 5.41) is 5.10. The van der Waals surface area contributed by atoms with E-state index in [1.165, 1.54) is 0 Å². The minimum Gasteiger partial charge on any atom is -0.455 e. The normalized spacial score (nSPS) is 10.5. The Kier molecular flexibility index (Phi) is 7.55. The molecule has 2 rings (SSSR count). The Balaban J connectivity index is 1.96. The lowest BCUT2D eigenvalue weighted by Crippen LogP contribution is -2.41. The predicted octanol–water partition coefficient (Wildman–Crippen LogP) is 2.00. The van der Waals surface area contributed by atoms with E-state index in [0.717, 1.165) is 11.1 Å². The molecule has 0 aliphatic carbocycles. The summed E-state index contributed by atoms with van der Waals surface area (Å²) < 4.78 is 5.21. The van der Waals surface area contributed by atoms with Gasteiger partial charge in [-0.1, -0.05) is 60.7 Å². The maximum absolute atomic E-state index is 12.7. The first kappa shape index (κ1) is 20.2. The van der Waals surface area contributed by atoms with Crippen LogP contribution in [0.15, 0.2) is 60.7 Å². The molecule has 0 atom stereocenters. The molecule has 0 unspecified atom stereocenters. The van der Waals surface area contributed by atoms with Crippen LogP contribution < -0.4 is 10.6 Å². The van der Waals surface area contributed by atoms with Crippen LogP contribution in [-0.2, 0) is 19.1 Å². The Labute approximate surface area is 158 Å². The third-order valence-electron chi connectivity index (χ3n) is 3.74. The number of benzene rings is 2. The van der Waals surface area contributed by atoms with Crippen LogP contribution in [0.1, 0.15) is 30.9 Å². The molecule has 2 N–H and O–H groups in total. The topological polar surface area (TPSA) is 84.5 Å². The van der Waals surface area contributed by atoms with Crippen LogP contribution in [0.4, 0.5) is 0 Å². The SMILES string of the molecule is CC(C)NC(=O)CNC(=O)COC(=O)C(c1ccccc1)c1ccccc1. The van der Waals surface area contributed by atoms with Gasteiger partial charge in [-0.05, 0) is 25.0 Å². The van der Waals surface area contributed by atoms with Crippen LogP contribution in [0.25, 0.3) is 0 Å². The lowest BCUT2D eigenvalue weighted by atomic mass is 9.91. The van der Waals surface area contributed by atoms with Gasteiger partial charge in [-0.2, -0.15) is 0 Å². The Hall–Kier alpha value is -3.15. The molecule has 0 spiro atoms. The molecule has 0 fully saturated rings. The molecule has 0 heterocycles. The second-order valence-corrected chi connectivity index (χ2v) is 6.36. The standard InChI is InChI=1S/C21H24N2O4/c1-15(2)23-18(24)13-22-19(25)14-27-21(26)20(16-9-5-3-6-10-16)17-11-7-4-8-12-17/h3-12,15,20H,13-14H2,1-2H3,(H,22,25)(H,23,24). The van der Waals surface area contributed by atoms with Gasteiger partial charge in [0.05, 0.1) is 6.54 Å². The molecule has 6 heteroatoms. The molecule has 0 saturated heterocycles. The monoisotopic (exact) mass is 368 g/mol. The number of hydrogen-bond donors (Lipinski definition) is 2. The Morgan fingerprint density at radius 2 is 1.37 bits per heavy atom. The zero-order valence-corrected chi connectivity index (χ0v) is 15.5. The highest BCUT2D eigenvalue weighted by molar-refractivity contribution is 5.88. The van der Waals surface area contributed by atoms with Gasteiger partial charge in [-0.25, -0.2) is 0 Å². The third kappa shape index (κ3) is 6.58. The molecule has 6 nitrogen and oxygen atoms in total. The van der Waals surface area contributed by atoms with Crippen LogP contribution in [0.2, 0.25) is 0 Å². The van der Waals surface area contributed by atoms with Gasteiger partial charge in [0.25, 0.3) is 5.91 Å². The number of ether oxygens (including phenoxy) is 1. The summed E-state index contributed by atoms with van der Waals surface area (Å²) in [6.07, 6.45) is 0. The molecule has 0 aliphatic heterocycles. The van der Waals surface area contributed by atoms with Crippen molar-refractivity contribution >= 4 is 17.8 Å². The quantitative estimate of drug-likeness (QED) is 0.698. The lowest BCUT2D eigenvalue weighted by Gasteiger charge is -2.17. The molecule has 2 aromatic rings. The number of carbonyl (C=O) groups is 3. The van der Waals surface area contributed by atoms with E-state index in [9.17, 15) is 14.4 Å². The molecule has 0 saturated carbocycles. The lowest BCUT2D eigenvalue weighted by molar-refractivity contribution is -0.149. The van der Waals surface area contributed by atoms with Crippen LogP contribution in [0.5, 0.6) is 0 Å². The highest BCUT2D eigenvalue weighted by Crippen LogP contribution is 2.25. The van der Waals surface area contributed by atoms with Crippen molar-refractivity contribution in [3.05, 3.63) is 71.8 Å². The van der Waals surface area contributed by atoms with Gasteiger partial charge >= 0.3 is 5.97 Å². The van der Waals surface area contributed by atoms with Gasteiger partial charge in [0.15, 0.2) is 6.61 Å². The molecule has 0 aromatic heterocycles. The summed E-state index contributed by atoms with van der Waals surface area (Å²) in [6, 6.07) is 18.5. The largest absolute Gasteiger partial charge is 0.455 e. The number of esters is 1. The second-order valence-electron chi connectivity index (χ2n) is 6.36. The van der Waals surface area contributed by atoms with E-state index < -0.39 is 24.4 Å². The minimum atomic E-state index is -0.621. The molecule has 0 radical (unpaired) electrons. The summed E-state index contributed by atoms with van der Waals surface area (Å²) >= 11 is 0. The number of nitrogens with one attached hydrogen (secondary N) is 2. The average molecular weight is 368 g/mol. The smallest absolute Gasteiger partial charge is 0.318 e. The number of rotatable bonds is 8. The maximum Gasteiger partial charge on any atom is 0.318 e.